The highest BCUT2D eigenvalue weighted by atomic mass is 16.5. The number of hydrogen-bond donors (Lipinski definition) is 0. The molecule has 0 atom stereocenters. The van der Waals surface area contributed by atoms with Crippen molar-refractivity contribution in [3.05, 3.63) is 35.7 Å². The molecule has 0 aliphatic heterocycles. The highest BCUT2D eigenvalue weighted by Crippen LogP contribution is 2.16. The summed E-state index contributed by atoms with van der Waals surface area (Å²) in [6.07, 6.45) is 5.24. The second-order valence-electron chi connectivity index (χ2n) is 4.92. The van der Waals surface area contributed by atoms with Gasteiger partial charge in [0, 0.05) is 25.4 Å². The van der Waals surface area contributed by atoms with E-state index in [1.807, 2.05) is 17.8 Å². The lowest BCUT2D eigenvalue weighted by Crippen LogP contribution is -2.14. The maximum atomic E-state index is 11.9. The molecule has 0 aliphatic rings. The van der Waals surface area contributed by atoms with E-state index >= 15 is 0 Å². The zero-order valence-electron chi connectivity index (χ0n) is 12.3. The summed E-state index contributed by atoms with van der Waals surface area (Å²) in [7, 11) is 1.82. The standard InChI is InChI=1S/C14H20N4O2/c1-5-20-14(19)11-8-16-17(4)12(11)9-18-7-6-15-13(18)10(2)3/h6-8,10H,5,9H2,1-4H3. The predicted molar refractivity (Wildman–Crippen MR) is 74.6 cm³/mol. The molecule has 0 amide bonds. The van der Waals surface area contributed by atoms with Crippen molar-refractivity contribution in [1.29, 1.82) is 0 Å². The largest absolute Gasteiger partial charge is 0.462 e. The van der Waals surface area contributed by atoms with Crippen molar-refractivity contribution >= 4 is 5.97 Å². The number of aromatic nitrogens is 4. The van der Waals surface area contributed by atoms with Gasteiger partial charge in [-0.1, -0.05) is 13.8 Å². The molecule has 108 valence electrons. The van der Waals surface area contributed by atoms with Crippen molar-refractivity contribution in [1.82, 2.24) is 19.3 Å². The van der Waals surface area contributed by atoms with Gasteiger partial charge in [-0.25, -0.2) is 9.78 Å². The Morgan fingerprint density at radius 1 is 1.45 bits per heavy atom. The molecule has 0 aromatic carbocycles. The molecule has 0 saturated carbocycles. The molecule has 2 rings (SSSR count). The lowest BCUT2D eigenvalue weighted by atomic mass is 10.2. The summed E-state index contributed by atoms with van der Waals surface area (Å²) in [6.45, 7) is 6.89. The van der Waals surface area contributed by atoms with Gasteiger partial charge in [-0.3, -0.25) is 4.68 Å². The molecule has 0 bridgehead atoms. The van der Waals surface area contributed by atoms with Crippen molar-refractivity contribution in [2.45, 2.75) is 33.2 Å². The number of hydrogen-bond acceptors (Lipinski definition) is 4. The van der Waals surface area contributed by atoms with Crippen LogP contribution in [0.2, 0.25) is 0 Å². The number of aryl methyl sites for hydroxylation is 1. The molecular formula is C14H20N4O2. The molecule has 6 heteroatoms. The minimum atomic E-state index is -0.332. The topological polar surface area (TPSA) is 61.9 Å². The van der Waals surface area contributed by atoms with E-state index in [2.05, 4.69) is 23.9 Å². The van der Waals surface area contributed by atoms with Crippen LogP contribution in [-0.4, -0.2) is 31.9 Å². The summed E-state index contributed by atoms with van der Waals surface area (Å²) in [5.74, 6) is 0.979. The summed E-state index contributed by atoms with van der Waals surface area (Å²) in [4.78, 5) is 16.3. The van der Waals surface area contributed by atoms with E-state index in [0.717, 1.165) is 11.5 Å². The Morgan fingerprint density at radius 2 is 2.20 bits per heavy atom. The van der Waals surface area contributed by atoms with Gasteiger partial charge < -0.3 is 9.30 Å². The van der Waals surface area contributed by atoms with Crippen LogP contribution >= 0.6 is 0 Å². The number of esters is 1. The van der Waals surface area contributed by atoms with Gasteiger partial charge in [-0.05, 0) is 6.92 Å². The van der Waals surface area contributed by atoms with Gasteiger partial charge in [-0.2, -0.15) is 5.10 Å². The second-order valence-corrected chi connectivity index (χ2v) is 4.92. The average Bonchev–Trinajstić information content (AvgIpc) is 2.98. The van der Waals surface area contributed by atoms with Crippen molar-refractivity contribution in [3.63, 3.8) is 0 Å². The van der Waals surface area contributed by atoms with Crippen molar-refractivity contribution in [2.75, 3.05) is 6.61 Å². The molecule has 0 saturated heterocycles. The molecule has 2 aromatic heterocycles. The Balaban J connectivity index is 2.31. The zero-order valence-corrected chi connectivity index (χ0v) is 12.3. The van der Waals surface area contributed by atoms with Gasteiger partial charge >= 0.3 is 5.97 Å². The molecule has 2 heterocycles. The first-order valence-electron chi connectivity index (χ1n) is 6.73. The fourth-order valence-corrected chi connectivity index (χ4v) is 2.15. The number of carbonyl (C=O) groups is 1. The number of imidazole rings is 1. The van der Waals surface area contributed by atoms with E-state index in [1.54, 1.807) is 24.0 Å². The monoisotopic (exact) mass is 276 g/mol. The van der Waals surface area contributed by atoms with E-state index in [-0.39, 0.29) is 5.97 Å². The quantitative estimate of drug-likeness (QED) is 0.783. The lowest BCUT2D eigenvalue weighted by molar-refractivity contribution is 0.0524. The molecule has 0 N–H and O–H groups in total. The molecular weight excluding hydrogens is 256 g/mol. The lowest BCUT2D eigenvalue weighted by Gasteiger charge is -2.12. The van der Waals surface area contributed by atoms with Crippen LogP contribution in [0.3, 0.4) is 0 Å². The Labute approximate surface area is 118 Å². The van der Waals surface area contributed by atoms with Gasteiger partial charge in [0.2, 0.25) is 0 Å². The first-order chi connectivity index (χ1) is 9.54. The number of ether oxygens (including phenoxy) is 1. The first-order valence-corrected chi connectivity index (χ1v) is 6.73. The third-order valence-corrected chi connectivity index (χ3v) is 3.14. The van der Waals surface area contributed by atoms with Gasteiger partial charge in [0.25, 0.3) is 0 Å². The van der Waals surface area contributed by atoms with Gasteiger partial charge in [0.05, 0.1) is 25.0 Å². The van der Waals surface area contributed by atoms with Crippen LogP contribution in [0.4, 0.5) is 0 Å². The van der Waals surface area contributed by atoms with Gasteiger partial charge in [0.15, 0.2) is 0 Å². The van der Waals surface area contributed by atoms with Crippen LogP contribution in [0.5, 0.6) is 0 Å². The third kappa shape index (κ3) is 2.74. The zero-order chi connectivity index (χ0) is 14.7. The molecule has 0 spiro atoms. The van der Waals surface area contributed by atoms with Crippen LogP contribution in [-0.2, 0) is 18.3 Å². The molecule has 0 fully saturated rings. The Kier molecular flexibility index (Phi) is 4.22. The van der Waals surface area contributed by atoms with Crippen molar-refractivity contribution in [3.8, 4) is 0 Å². The molecule has 0 unspecified atom stereocenters. The van der Waals surface area contributed by atoms with Gasteiger partial charge in [0.1, 0.15) is 11.4 Å². The summed E-state index contributed by atoms with van der Waals surface area (Å²) >= 11 is 0. The molecule has 0 aliphatic carbocycles. The van der Waals surface area contributed by atoms with Gasteiger partial charge in [-0.15, -0.1) is 0 Å². The fraction of sp³-hybridized carbons (Fsp3) is 0.500. The SMILES string of the molecule is CCOC(=O)c1cnn(C)c1Cn1ccnc1C(C)C. The summed E-state index contributed by atoms with van der Waals surface area (Å²) in [5.41, 5.74) is 1.33. The average molecular weight is 276 g/mol. The van der Waals surface area contributed by atoms with E-state index in [0.29, 0.717) is 24.6 Å². The Hall–Kier alpha value is -2.11. The Bertz CT molecular complexity index is 598. The summed E-state index contributed by atoms with van der Waals surface area (Å²) in [5, 5.41) is 4.16. The normalized spacial score (nSPS) is 11.1. The van der Waals surface area contributed by atoms with Crippen LogP contribution < -0.4 is 0 Å². The maximum Gasteiger partial charge on any atom is 0.341 e. The molecule has 6 nitrogen and oxygen atoms in total. The smallest absolute Gasteiger partial charge is 0.341 e. The van der Waals surface area contributed by atoms with Crippen LogP contribution in [0.15, 0.2) is 18.6 Å². The van der Waals surface area contributed by atoms with Crippen molar-refractivity contribution < 1.29 is 9.53 Å². The van der Waals surface area contributed by atoms with Crippen LogP contribution in [0.1, 0.15) is 48.6 Å². The molecule has 20 heavy (non-hydrogen) atoms. The first kappa shape index (κ1) is 14.3. The highest BCUT2D eigenvalue weighted by molar-refractivity contribution is 5.90. The summed E-state index contributed by atoms with van der Waals surface area (Å²) < 4.78 is 8.80. The third-order valence-electron chi connectivity index (χ3n) is 3.14. The maximum absolute atomic E-state index is 11.9. The van der Waals surface area contributed by atoms with E-state index in [1.165, 1.54) is 0 Å². The van der Waals surface area contributed by atoms with Crippen LogP contribution in [0, 0.1) is 0 Å². The predicted octanol–water partition coefficient (Wildman–Crippen LogP) is 1.97. The number of carbonyl (C=O) groups excluding carboxylic acids is 1. The molecule has 0 radical (unpaired) electrons. The summed E-state index contributed by atoms with van der Waals surface area (Å²) in [6, 6.07) is 0. The number of nitrogens with zero attached hydrogens (tertiary/aromatic N) is 4. The Morgan fingerprint density at radius 3 is 2.85 bits per heavy atom. The fourth-order valence-electron chi connectivity index (χ4n) is 2.15. The van der Waals surface area contributed by atoms with Crippen molar-refractivity contribution in [2.24, 2.45) is 7.05 Å². The number of rotatable bonds is 5. The van der Waals surface area contributed by atoms with E-state index in [9.17, 15) is 4.79 Å². The van der Waals surface area contributed by atoms with E-state index in [4.69, 9.17) is 4.74 Å². The highest BCUT2D eigenvalue weighted by Gasteiger charge is 2.18. The van der Waals surface area contributed by atoms with Crippen LogP contribution in [0.25, 0.3) is 0 Å². The minimum absolute atomic E-state index is 0.323. The second kappa shape index (κ2) is 5.90. The van der Waals surface area contributed by atoms with E-state index < -0.39 is 0 Å². The molecule has 2 aromatic rings. The minimum Gasteiger partial charge on any atom is -0.462 e.